The van der Waals surface area contributed by atoms with Gasteiger partial charge in [-0.05, 0) is 42.8 Å². The van der Waals surface area contributed by atoms with E-state index in [4.69, 9.17) is 16.8 Å². The topological polar surface area (TPSA) is 61.7 Å². The summed E-state index contributed by atoms with van der Waals surface area (Å²) in [5.41, 5.74) is 1.53. The van der Waals surface area contributed by atoms with Crippen molar-refractivity contribution in [1.82, 2.24) is 0 Å². The second-order valence-corrected chi connectivity index (χ2v) is 4.78. The molecule has 0 spiro atoms. The van der Waals surface area contributed by atoms with Crippen molar-refractivity contribution < 1.29 is 14.4 Å². The zero-order chi connectivity index (χ0) is 15.4. The van der Waals surface area contributed by atoms with Gasteiger partial charge >= 0.3 is 0 Å². The zero-order valence-corrected chi connectivity index (χ0v) is 11.9. The van der Waals surface area contributed by atoms with Crippen LogP contribution in [0.5, 0.6) is 0 Å². The highest BCUT2D eigenvalue weighted by Gasteiger charge is 2.12. The number of oxime groups is 1. The molecule has 0 aliphatic heterocycles. The molecule has 0 heterocycles. The number of rotatable bonds is 3. The molecule has 0 unspecified atom stereocenters. The van der Waals surface area contributed by atoms with E-state index in [-0.39, 0.29) is 10.6 Å². The van der Waals surface area contributed by atoms with Gasteiger partial charge < -0.3 is 10.5 Å². The van der Waals surface area contributed by atoms with E-state index >= 15 is 0 Å². The lowest BCUT2D eigenvalue weighted by atomic mass is 10.1. The van der Waals surface area contributed by atoms with Crippen LogP contribution >= 0.6 is 11.6 Å². The third-order valence-electron chi connectivity index (χ3n) is 2.88. The molecule has 2 aromatic rings. The van der Waals surface area contributed by atoms with Crippen LogP contribution in [0, 0.1) is 5.82 Å². The molecule has 0 aromatic heterocycles. The van der Waals surface area contributed by atoms with Crippen LogP contribution in [0.3, 0.4) is 0 Å². The van der Waals surface area contributed by atoms with Gasteiger partial charge in [0.2, 0.25) is 0 Å². The van der Waals surface area contributed by atoms with Gasteiger partial charge in [-0.2, -0.15) is 0 Å². The van der Waals surface area contributed by atoms with Gasteiger partial charge in [0.05, 0.1) is 11.3 Å². The fourth-order valence-electron chi connectivity index (χ4n) is 1.72. The van der Waals surface area contributed by atoms with Crippen molar-refractivity contribution in [2.24, 2.45) is 5.16 Å². The minimum atomic E-state index is -0.642. The standard InChI is InChI=1S/C15H12ClFN2O2/c1-9(19-21)10-2-5-12(6-3-10)18-15(20)13-8-11(16)4-7-14(13)17/h2-8,21H,1H3,(H,18,20)/b19-9+. The number of carbonyl (C=O) groups is 1. The monoisotopic (exact) mass is 306 g/mol. The number of halogens is 2. The van der Waals surface area contributed by atoms with Crippen molar-refractivity contribution in [3.8, 4) is 0 Å². The minimum absolute atomic E-state index is 0.125. The quantitative estimate of drug-likeness (QED) is 0.513. The van der Waals surface area contributed by atoms with Gasteiger partial charge in [0, 0.05) is 10.7 Å². The van der Waals surface area contributed by atoms with E-state index in [0.29, 0.717) is 17.0 Å². The first-order chi connectivity index (χ1) is 10.0. The summed E-state index contributed by atoms with van der Waals surface area (Å²) in [5.74, 6) is -1.23. The number of carbonyl (C=O) groups excluding carboxylic acids is 1. The fourth-order valence-corrected chi connectivity index (χ4v) is 1.89. The second kappa shape index (κ2) is 6.37. The molecule has 0 saturated heterocycles. The summed E-state index contributed by atoms with van der Waals surface area (Å²) in [5, 5.41) is 14.6. The highest BCUT2D eigenvalue weighted by Crippen LogP contribution is 2.17. The summed E-state index contributed by atoms with van der Waals surface area (Å²) in [7, 11) is 0. The molecule has 0 fully saturated rings. The van der Waals surface area contributed by atoms with E-state index in [2.05, 4.69) is 10.5 Å². The molecular formula is C15H12ClFN2O2. The Hall–Kier alpha value is -2.40. The summed E-state index contributed by atoms with van der Waals surface area (Å²) in [4.78, 5) is 12.0. The number of amides is 1. The largest absolute Gasteiger partial charge is 0.411 e. The van der Waals surface area contributed by atoms with Gasteiger partial charge in [0.1, 0.15) is 5.82 Å². The van der Waals surface area contributed by atoms with Crippen molar-refractivity contribution in [1.29, 1.82) is 0 Å². The van der Waals surface area contributed by atoms with Crippen LogP contribution in [0.1, 0.15) is 22.8 Å². The Bertz CT molecular complexity index is 699. The molecule has 6 heteroatoms. The molecule has 0 radical (unpaired) electrons. The Labute approximate surface area is 125 Å². The Kier molecular flexibility index (Phi) is 4.55. The van der Waals surface area contributed by atoms with Gasteiger partial charge in [-0.25, -0.2) is 4.39 Å². The number of nitrogens with zero attached hydrogens (tertiary/aromatic N) is 1. The maximum Gasteiger partial charge on any atom is 0.258 e. The number of hydrogen-bond donors (Lipinski definition) is 2. The molecule has 108 valence electrons. The predicted molar refractivity (Wildman–Crippen MR) is 79.8 cm³/mol. The molecule has 0 aliphatic carbocycles. The van der Waals surface area contributed by atoms with Gasteiger partial charge in [0.25, 0.3) is 5.91 Å². The maximum absolute atomic E-state index is 13.6. The lowest BCUT2D eigenvalue weighted by Gasteiger charge is -2.07. The maximum atomic E-state index is 13.6. The average molecular weight is 307 g/mol. The summed E-state index contributed by atoms with van der Waals surface area (Å²) in [6.07, 6.45) is 0. The first kappa shape index (κ1) is 15.0. The molecule has 1 amide bonds. The van der Waals surface area contributed by atoms with Gasteiger partial charge in [-0.1, -0.05) is 28.9 Å². The van der Waals surface area contributed by atoms with E-state index < -0.39 is 11.7 Å². The van der Waals surface area contributed by atoms with Crippen molar-refractivity contribution in [2.75, 3.05) is 5.32 Å². The molecule has 4 nitrogen and oxygen atoms in total. The van der Waals surface area contributed by atoms with E-state index in [1.54, 1.807) is 31.2 Å². The SMILES string of the molecule is C/C(=N\O)c1ccc(NC(=O)c2cc(Cl)ccc2F)cc1. The number of nitrogens with one attached hydrogen (secondary N) is 1. The summed E-state index contributed by atoms with van der Waals surface area (Å²) >= 11 is 5.75. The summed E-state index contributed by atoms with van der Waals surface area (Å²) in [6.45, 7) is 1.65. The Morgan fingerprint density at radius 3 is 2.52 bits per heavy atom. The van der Waals surface area contributed by atoms with E-state index in [1.807, 2.05) is 0 Å². The third kappa shape index (κ3) is 3.58. The highest BCUT2D eigenvalue weighted by molar-refractivity contribution is 6.31. The van der Waals surface area contributed by atoms with Gasteiger partial charge in [-0.15, -0.1) is 0 Å². The van der Waals surface area contributed by atoms with Gasteiger partial charge in [0.15, 0.2) is 0 Å². The summed E-state index contributed by atoms with van der Waals surface area (Å²) in [6, 6.07) is 10.4. The predicted octanol–water partition coefficient (Wildman–Crippen LogP) is 3.93. The first-order valence-corrected chi connectivity index (χ1v) is 6.44. The van der Waals surface area contributed by atoms with E-state index in [0.717, 1.165) is 6.07 Å². The second-order valence-electron chi connectivity index (χ2n) is 4.34. The Balaban J connectivity index is 2.18. The Morgan fingerprint density at radius 1 is 1.24 bits per heavy atom. The summed E-state index contributed by atoms with van der Waals surface area (Å²) < 4.78 is 13.6. The first-order valence-electron chi connectivity index (χ1n) is 6.07. The molecule has 2 aromatic carbocycles. The van der Waals surface area contributed by atoms with Crippen LogP contribution < -0.4 is 5.32 Å². The van der Waals surface area contributed by atoms with Crippen LogP contribution in [-0.2, 0) is 0 Å². The smallest absolute Gasteiger partial charge is 0.258 e. The number of anilines is 1. The molecule has 0 atom stereocenters. The van der Waals surface area contributed by atoms with Crippen LogP contribution in [0.2, 0.25) is 5.02 Å². The van der Waals surface area contributed by atoms with Crippen LogP contribution in [0.15, 0.2) is 47.6 Å². The molecule has 2 N–H and O–H groups in total. The van der Waals surface area contributed by atoms with Crippen LogP contribution in [0.4, 0.5) is 10.1 Å². The van der Waals surface area contributed by atoms with Crippen LogP contribution in [-0.4, -0.2) is 16.8 Å². The minimum Gasteiger partial charge on any atom is -0.411 e. The van der Waals surface area contributed by atoms with E-state index in [1.165, 1.54) is 12.1 Å². The fraction of sp³-hybridized carbons (Fsp3) is 0.0667. The van der Waals surface area contributed by atoms with Crippen molar-refractivity contribution in [3.05, 3.63) is 64.4 Å². The van der Waals surface area contributed by atoms with Crippen molar-refractivity contribution >= 4 is 28.9 Å². The van der Waals surface area contributed by atoms with Gasteiger partial charge in [-0.3, -0.25) is 4.79 Å². The molecular weight excluding hydrogens is 295 g/mol. The normalized spacial score (nSPS) is 11.3. The zero-order valence-electron chi connectivity index (χ0n) is 11.1. The molecule has 21 heavy (non-hydrogen) atoms. The molecule has 0 bridgehead atoms. The highest BCUT2D eigenvalue weighted by atomic mass is 35.5. The third-order valence-corrected chi connectivity index (χ3v) is 3.12. The number of hydrogen-bond acceptors (Lipinski definition) is 3. The Morgan fingerprint density at radius 2 is 1.90 bits per heavy atom. The lowest BCUT2D eigenvalue weighted by molar-refractivity contribution is 0.102. The van der Waals surface area contributed by atoms with Crippen LogP contribution in [0.25, 0.3) is 0 Å². The van der Waals surface area contributed by atoms with Crippen molar-refractivity contribution in [2.45, 2.75) is 6.92 Å². The molecule has 2 rings (SSSR count). The van der Waals surface area contributed by atoms with Crippen molar-refractivity contribution in [3.63, 3.8) is 0 Å². The number of benzene rings is 2. The molecule has 0 aliphatic rings. The lowest BCUT2D eigenvalue weighted by Crippen LogP contribution is -2.13. The average Bonchev–Trinajstić information content (AvgIpc) is 2.49. The molecule has 0 saturated carbocycles. The van der Waals surface area contributed by atoms with E-state index in [9.17, 15) is 9.18 Å².